The zero-order valence-corrected chi connectivity index (χ0v) is 15.2. The maximum atomic E-state index is 5.34. The van der Waals surface area contributed by atoms with Crippen LogP contribution in [-0.2, 0) is 0 Å². The molecule has 0 atom stereocenters. The van der Waals surface area contributed by atoms with Gasteiger partial charge in [0.1, 0.15) is 10.4 Å². The Morgan fingerprint density at radius 2 is 1.83 bits per heavy atom. The Labute approximate surface area is 151 Å². The summed E-state index contributed by atoms with van der Waals surface area (Å²) in [4.78, 5) is 4.32. The molecule has 3 heteroatoms. The first-order valence-electron chi connectivity index (χ1n) is 7.71. The third-order valence-electron chi connectivity index (χ3n) is 3.90. The van der Waals surface area contributed by atoms with Crippen LogP contribution >= 0.6 is 15.9 Å². The first-order chi connectivity index (χ1) is 11.7. The largest absolute Gasteiger partial charge is 0.497 e. The fourth-order valence-electron chi connectivity index (χ4n) is 2.66. The van der Waals surface area contributed by atoms with Crippen LogP contribution in [-0.4, -0.2) is 12.1 Å². The molecular weight excluding hydrogens is 362 g/mol. The van der Waals surface area contributed by atoms with E-state index in [4.69, 9.17) is 4.74 Å². The van der Waals surface area contributed by atoms with Crippen molar-refractivity contribution in [3.05, 3.63) is 93.7 Å². The van der Waals surface area contributed by atoms with Crippen LogP contribution in [0.15, 0.2) is 71.5 Å². The van der Waals surface area contributed by atoms with Crippen molar-refractivity contribution in [2.45, 2.75) is 6.92 Å². The van der Waals surface area contributed by atoms with Crippen molar-refractivity contribution >= 4 is 27.6 Å². The van der Waals surface area contributed by atoms with E-state index in [0.29, 0.717) is 0 Å². The van der Waals surface area contributed by atoms with Gasteiger partial charge in [-0.05, 0) is 69.4 Å². The van der Waals surface area contributed by atoms with Gasteiger partial charge in [0.15, 0.2) is 0 Å². The van der Waals surface area contributed by atoms with Gasteiger partial charge in [-0.3, -0.25) is 0 Å². The molecule has 0 aliphatic heterocycles. The molecule has 0 radical (unpaired) electrons. The van der Waals surface area contributed by atoms with Gasteiger partial charge in [-0.2, -0.15) is 0 Å². The van der Waals surface area contributed by atoms with Gasteiger partial charge >= 0.3 is 0 Å². The van der Waals surface area contributed by atoms with Crippen molar-refractivity contribution in [3.8, 4) is 5.75 Å². The molecule has 3 rings (SSSR count). The topological polar surface area (TPSA) is 22.1 Å². The smallest absolute Gasteiger partial charge is 0.119 e. The molecule has 0 bridgehead atoms. The van der Waals surface area contributed by atoms with Crippen molar-refractivity contribution in [2.75, 3.05) is 7.11 Å². The maximum Gasteiger partial charge on any atom is 0.119 e. The molecule has 0 saturated carbocycles. The van der Waals surface area contributed by atoms with Crippen molar-refractivity contribution in [3.63, 3.8) is 0 Å². The van der Waals surface area contributed by atoms with Crippen LogP contribution in [0.3, 0.4) is 0 Å². The molecule has 2 nitrogen and oxygen atoms in total. The second kappa shape index (κ2) is 7.45. The molecule has 0 N–H and O–H groups in total. The van der Waals surface area contributed by atoms with E-state index >= 15 is 0 Å². The standard InChI is InChI=1S/C21H18BrNO/c1-15-13-18(24-2)10-11-19(15)20(16-7-4-3-5-8-16)14-17-9-6-12-23-21(17)22/h3-14H,1-2H3/b20-14-. The minimum absolute atomic E-state index is 0.838. The fourth-order valence-corrected chi connectivity index (χ4v) is 3.03. The van der Waals surface area contributed by atoms with Crippen LogP contribution < -0.4 is 4.74 Å². The average molecular weight is 380 g/mol. The summed E-state index contributed by atoms with van der Waals surface area (Å²) in [6.07, 6.45) is 3.95. The van der Waals surface area contributed by atoms with Crippen molar-refractivity contribution in [2.24, 2.45) is 0 Å². The predicted molar refractivity (Wildman–Crippen MR) is 103 cm³/mol. The van der Waals surface area contributed by atoms with Gasteiger partial charge in [0, 0.05) is 11.8 Å². The molecule has 0 unspecified atom stereocenters. The quantitative estimate of drug-likeness (QED) is 0.538. The number of aryl methyl sites for hydroxylation is 1. The number of hydrogen-bond acceptors (Lipinski definition) is 2. The summed E-state index contributed by atoms with van der Waals surface area (Å²) in [6.45, 7) is 2.10. The molecule has 3 aromatic rings. The number of benzene rings is 2. The molecule has 0 spiro atoms. The van der Waals surface area contributed by atoms with Crippen LogP contribution in [0, 0.1) is 6.92 Å². The third-order valence-corrected chi connectivity index (χ3v) is 4.56. The first kappa shape index (κ1) is 16.5. The molecule has 120 valence electrons. The van der Waals surface area contributed by atoms with E-state index in [1.807, 2.05) is 18.2 Å². The minimum Gasteiger partial charge on any atom is -0.497 e. The van der Waals surface area contributed by atoms with Gasteiger partial charge in [-0.25, -0.2) is 4.98 Å². The Morgan fingerprint density at radius 1 is 1.04 bits per heavy atom. The predicted octanol–water partition coefficient (Wildman–Crippen LogP) is 5.75. The first-order valence-corrected chi connectivity index (χ1v) is 8.51. The molecule has 1 aromatic heterocycles. The number of nitrogens with zero attached hydrogens (tertiary/aromatic N) is 1. The monoisotopic (exact) mass is 379 g/mol. The number of pyridine rings is 1. The lowest BCUT2D eigenvalue weighted by Crippen LogP contribution is -1.94. The van der Waals surface area contributed by atoms with Crippen LogP contribution in [0.25, 0.3) is 11.6 Å². The molecular formula is C21H18BrNO. The molecule has 2 aromatic carbocycles. The Balaban J connectivity index is 2.19. The van der Waals surface area contributed by atoms with Crippen LogP contribution in [0.2, 0.25) is 0 Å². The Hall–Kier alpha value is -2.39. The molecule has 0 amide bonds. The number of ether oxygens (including phenoxy) is 1. The summed E-state index contributed by atoms with van der Waals surface area (Å²) in [7, 11) is 1.69. The molecule has 0 aliphatic rings. The van der Waals surface area contributed by atoms with E-state index in [2.05, 4.69) is 76.4 Å². The molecule has 0 saturated heterocycles. The number of halogens is 1. The normalized spacial score (nSPS) is 11.4. The molecule has 0 fully saturated rings. The minimum atomic E-state index is 0.838. The van der Waals surface area contributed by atoms with Crippen LogP contribution in [0.1, 0.15) is 22.3 Å². The molecule has 24 heavy (non-hydrogen) atoms. The third kappa shape index (κ3) is 3.57. The summed E-state index contributed by atoms with van der Waals surface area (Å²) in [5.74, 6) is 0.867. The Morgan fingerprint density at radius 3 is 2.50 bits per heavy atom. The van der Waals surface area contributed by atoms with Gasteiger partial charge in [0.25, 0.3) is 0 Å². The van der Waals surface area contributed by atoms with Gasteiger partial charge in [0.05, 0.1) is 7.11 Å². The summed E-state index contributed by atoms with van der Waals surface area (Å²) in [6, 6.07) is 20.6. The van der Waals surface area contributed by atoms with Crippen LogP contribution in [0.4, 0.5) is 0 Å². The lowest BCUT2D eigenvalue weighted by molar-refractivity contribution is 0.414. The lowest BCUT2D eigenvalue weighted by atomic mass is 9.93. The summed E-state index contributed by atoms with van der Waals surface area (Å²) >= 11 is 3.54. The van der Waals surface area contributed by atoms with E-state index in [9.17, 15) is 0 Å². The number of hydrogen-bond donors (Lipinski definition) is 0. The number of rotatable bonds is 4. The van der Waals surface area contributed by atoms with Crippen molar-refractivity contribution < 1.29 is 4.74 Å². The maximum absolute atomic E-state index is 5.34. The van der Waals surface area contributed by atoms with E-state index in [1.165, 1.54) is 16.7 Å². The summed E-state index contributed by atoms with van der Waals surface area (Å²) in [5.41, 5.74) is 5.72. The summed E-state index contributed by atoms with van der Waals surface area (Å²) < 4.78 is 6.17. The van der Waals surface area contributed by atoms with Gasteiger partial charge < -0.3 is 4.74 Å². The highest BCUT2D eigenvalue weighted by Crippen LogP contribution is 2.31. The van der Waals surface area contributed by atoms with Gasteiger partial charge in [-0.1, -0.05) is 42.5 Å². The Kier molecular flexibility index (Phi) is 5.11. The highest BCUT2D eigenvalue weighted by molar-refractivity contribution is 9.10. The fraction of sp³-hybridized carbons (Fsp3) is 0.0952. The summed E-state index contributed by atoms with van der Waals surface area (Å²) in [5, 5.41) is 0. The highest BCUT2D eigenvalue weighted by atomic mass is 79.9. The van der Waals surface area contributed by atoms with E-state index in [1.54, 1.807) is 13.3 Å². The SMILES string of the molecule is COc1ccc(/C(=C\c2cccnc2Br)c2ccccc2)c(C)c1. The second-order valence-corrected chi connectivity index (χ2v) is 6.24. The van der Waals surface area contributed by atoms with Crippen LogP contribution in [0.5, 0.6) is 5.75 Å². The lowest BCUT2D eigenvalue weighted by Gasteiger charge is -2.13. The van der Waals surface area contributed by atoms with E-state index in [-0.39, 0.29) is 0 Å². The average Bonchev–Trinajstić information content (AvgIpc) is 2.62. The van der Waals surface area contributed by atoms with Gasteiger partial charge in [-0.15, -0.1) is 0 Å². The number of methoxy groups -OCH3 is 1. The van der Waals surface area contributed by atoms with Crippen molar-refractivity contribution in [1.82, 2.24) is 4.98 Å². The molecule has 1 heterocycles. The van der Waals surface area contributed by atoms with Gasteiger partial charge in [0.2, 0.25) is 0 Å². The van der Waals surface area contributed by atoms with E-state index < -0.39 is 0 Å². The van der Waals surface area contributed by atoms with Crippen molar-refractivity contribution in [1.29, 1.82) is 0 Å². The van der Waals surface area contributed by atoms with E-state index in [0.717, 1.165) is 21.5 Å². The molecule has 0 aliphatic carbocycles. The highest BCUT2D eigenvalue weighted by Gasteiger charge is 2.10. The zero-order chi connectivity index (χ0) is 16.9. The second-order valence-electron chi connectivity index (χ2n) is 5.49. The number of aromatic nitrogens is 1. The Bertz CT molecular complexity index is 872. The zero-order valence-electron chi connectivity index (χ0n) is 13.7.